The van der Waals surface area contributed by atoms with Gasteiger partial charge in [-0.2, -0.15) is 0 Å². The molecule has 0 aromatic carbocycles. The van der Waals surface area contributed by atoms with Crippen LogP contribution < -0.4 is 5.73 Å². The van der Waals surface area contributed by atoms with Crippen molar-refractivity contribution in [2.45, 2.75) is 0 Å². The molecule has 2 N–H and O–H groups in total. The lowest BCUT2D eigenvalue weighted by Gasteiger charge is -2.07. The first-order valence-electron chi connectivity index (χ1n) is 5.60. The third kappa shape index (κ3) is 2.15. The van der Waals surface area contributed by atoms with Crippen molar-refractivity contribution >= 4 is 5.82 Å². The second-order valence-corrected chi connectivity index (χ2v) is 3.96. The van der Waals surface area contributed by atoms with Gasteiger partial charge in [0.1, 0.15) is 23.8 Å². The van der Waals surface area contributed by atoms with Gasteiger partial charge in [0.25, 0.3) is 0 Å². The highest BCUT2D eigenvalue weighted by molar-refractivity contribution is 5.61. The second-order valence-electron chi connectivity index (χ2n) is 3.96. The molecular formula is C13H10FN5. The van der Waals surface area contributed by atoms with E-state index >= 15 is 0 Å². The van der Waals surface area contributed by atoms with Crippen molar-refractivity contribution in [1.82, 2.24) is 19.5 Å². The smallest absolute Gasteiger partial charge is 0.141 e. The van der Waals surface area contributed by atoms with Crippen LogP contribution in [0.5, 0.6) is 0 Å². The lowest BCUT2D eigenvalue weighted by molar-refractivity contribution is 0.620. The van der Waals surface area contributed by atoms with Gasteiger partial charge < -0.3 is 5.73 Å². The van der Waals surface area contributed by atoms with E-state index < -0.39 is 0 Å². The number of nitrogen functional groups attached to an aromatic ring is 1. The molecule has 0 amide bonds. The minimum absolute atomic E-state index is 0.375. The third-order valence-corrected chi connectivity index (χ3v) is 2.68. The van der Waals surface area contributed by atoms with Crippen LogP contribution in [-0.2, 0) is 0 Å². The van der Waals surface area contributed by atoms with Crippen molar-refractivity contribution in [2.24, 2.45) is 0 Å². The number of nitrogens with two attached hydrogens (primary N) is 1. The van der Waals surface area contributed by atoms with Gasteiger partial charge in [-0.25, -0.2) is 19.3 Å². The molecule has 94 valence electrons. The standard InChI is InChI=1S/C13H10FN5/c14-10-2-4-13(18-6-10)19-8-16-7-11(19)9-1-3-12(15)17-5-9/h1-8H,(H2,15,17). The summed E-state index contributed by atoms with van der Waals surface area (Å²) in [4.78, 5) is 12.2. The summed E-state index contributed by atoms with van der Waals surface area (Å²) < 4.78 is 14.6. The average Bonchev–Trinajstić information content (AvgIpc) is 2.90. The number of halogens is 1. The Balaban J connectivity index is 2.07. The molecule has 0 atom stereocenters. The number of hydrogen-bond donors (Lipinski definition) is 1. The zero-order valence-corrected chi connectivity index (χ0v) is 9.86. The third-order valence-electron chi connectivity index (χ3n) is 2.68. The van der Waals surface area contributed by atoms with Crippen LogP contribution in [-0.4, -0.2) is 19.5 Å². The van der Waals surface area contributed by atoms with Gasteiger partial charge in [-0.15, -0.1) is 0 Å². The molecular weight excluding hydrogens is 245 g/mol. The van der Waals surface area contributed by atoms with E-state index in [0.29, 0.717) is 11.6 Å². The Labute approximate surface area is 108 Å². The van der Waals surface area contributed by atoms with Gasteiger partial charge >= 0.3 is 0 Å². The Morgan fingerprint density at radius 1 is 1.00 bits per heavy atom. The fraction of sp³-hybridized carbons (Fsp3) is 0. The lowest BCUT2D eigenvalue weighted by Crippen LogP contribution is -1.99. The van der Waals surface area contributed by atoms with Gasteiger partial charge in [0.15, 0.2) is 0 Å². The molecule has 0 aliphatic heterocycles. The Morgan fingerprint density at radius 2 is 1.89 bits per heavy atom. The quantitative estimate of drug-likeness (QED) is 0.760. The Bertz CT molecular complexity index is 628. The first-order chi connectivity index (χ1) is 9.24. The molecule has 6 heteroatoms. The van der Waals surface area contributed by atoms with Crippen LogP contribution in [0.25, 0.3) is 17.1 Å². The predicted octanol–water partition coefficient (Wildman–Crippen LogP) is 2.05. The molecule has 0 aliphatic rings. The Hall–Kier alpha value is -2.76. The molecule has 0 fully saturated rings. The van der Waals surface area contributed by atoms with Crippen molar-refractivity contribution in [3.63, 3.8) is 0 Å². The molecule has 0 bridgehead atoms. The predicted molar refractivity (Wildman–Crippen MR) is 69.0 cm³/mol. The van der Waals surface area contributed by atoms with Crippen LogP contribution in [0.15, 0.2) is 49.2 Å². The van der Waals surface area contributed by atoms with Crippen LogP contribution in [0.4, 0.5) is 10.2 Å². The molecule has 0 spiro atoms. The van der Waals surface area contributed by atoms with E-state index in [9.17, 15) is 4.39 Å². The van der Waals surface area contributed by atoms with Gasteiger partial charge in [0.2, 0.25) is 0 Å². The molecule has 3 aromatic heterocycles. The summed E-state index contributed by atoms with van der Waals surface area (Å²) in [6.07, 6.45) is 6.14. The van der Waals surface area contributed by atoms with Crippen LogP contribution >= 0.6 is 0 Å². The molecule has 0 saturated heterocycles. The summed E-state index contributed by atoms with van der Waals surface area (Å²) in [7, 11) is 0. The Morgan fingerprint density at radius 3 is 2.58 bits per heavy atom. The van der Waals surface area contributed by atoms with Gasteiger partial charge in [-0.1, -0.05) is 0 Å². The van der Waals surface area contributed by atoms with Crippen LogP contribution in [0.1, 0.15) is 0 Å². The molecule has 0 unspecified atom stereocenters. The summed E-state index contributed by atoms with van der Waals surface area (Å²) in [5, 5.41) is 0. The van der Waals surface area contributed by atoms with Crippen molar-refractivity contribution in [2.75, 3.05) is 5.73 Å². The first-order valence-corrected chi connectivity index (χ1v) is 5.60. The summed E-state index contributed by atoms with van der Waals surface area (Å²) in [6.45, 7) is 0. The minimum Gasteiger partial charge on any atom is -0.384 e. The summed E-state index contributed by atoms with van der Waals surface area (Å²) in [5.41, 5.74) is 7.23. The molecule has 0 radical (unpaired) electrons. The number of hydrogen-bond acceptors (Lipinski definition) is 4. The maximum absolute atomic E-state index is 12.9. The summed E-state index contributed by atoms with van der Waals surface area (Å²) in [6, 6.07) is 6.50. The highest BCUT2D eigenvalue weighted by atomic mass is 19.1. The zero-order valence-electron chi connectivity index (χ0n) is 9.86. The minimum atomic E-state index is -0.375. The first kappa shape index (κ1) is 11.3. The molecule has 3 rings (SSSR count). The Kier molecular flexibility index (Phi) is 2.68. The highest BCUT2D eigenvalue weighted by Crippen LogP contribution is 2.21. The summed E-state index contributed by atoms with van der Waals surface area (Å²) in [5.74, 6) is 0.667. The van der Waals surface area contributed by atoms with Crippen molar-refractivity contribution in [3.05, 3.63) is 55.0 Å². The van der Waals surface area contributed by atoms with Crippen molar-refractivity contribution in [1.29, 1.82) is 0 Å². The highest BCUT2D eigenvalue weighted by Gasteiger charge is 2.08. The van der Waals surface area contributed by atoms with Crippen LogP contribution in [0.3, 0.4) is 0 Å². The number of nitrogens with zero attached hydrogens (tertiary/aromatic N) is 4. The number of rotatable bonds is 2. The number of pyridine rings is 2. The van der Waals surface area contributed by atoms with Gasteiger partial charge in [-0.05, 0) is 24.3 Å². The van der Waals surface area contributed by atoms with E-state index in [-0.39, 0.29) is 5.82 Å². The zero-order chi connectivity index (χ0) is 13.2. The molecule has 3 aromatic rings. The van der Waals surface area contributed by atoms with Crippen LogP contribution in [0.2, 0.25) is 0 Å². The maximum Gasteiger partial charge on any atom is 0.141 e. The van der Waals surface area contributed by atoms with E-state index in [2.05, 4.69) is 15.0 Å². The van der Waals surface area contributed by atoms with E-state index in [1.165, 1.54) is 12.3 Å². The van der Waals surface area contributed by atoms with E-state index in [1.54, 1.807) is 35.4 Å². The number of anilines is 1. The topological polar surface area (TPSA) is 69.6 Å². The molecule has 0 aliphatic carbocycles. The largest absolute Gasteiger partial charge is 0.384 e. The maximum atomic E-state index is 12.9. The number of imidazole rings is 1. The SMILES string of the molecule is Nc1ccc(-c2cncn2-c2ccc(F)cn2)cn1. The van der Waals surface area contributed by atoms with E-state index in [0.717, 1.165) is 11.3 Å². The molecule has 19 heavy (non-hydrogen) atoms. The number of aromatic nitrogens is 4. The fourth-order valence-electron chi connectivity index (χ4n) is 1.76. The monoisotopic (exact) mass is 255 g/mol. The van der Waals surface area contributed by atoms with E-state index in [1.807, 2.05) is 6.07 Å². The molecule has 3 heterocycles. The fourth-order valence-corrected chi connectivity index (χ4v) is 1.76. The lowest BCUT2D eigenvalue weighted by atomic mass is 10.2. The van der Waals surface area contributed by atoms with Gasteiger partial charge in [0.05, 0.1) is 18.1 Å². The normalized spacial score (nSPS) is 10.6. The second kappa shape index (κ2) is 4.49. The van der Waals surface area contributed by atoms with Crippen molar-refractivity contribution in [3.8, 4) is 17.1 Å². The molecule has 0 saturated carbocycles. The van der Waals surface area contributed by atoms with E-state index in [4.69, 9.17) is 5.73 Å². The average molecular weight is 255 g/mol. The van der Waals surface area contributed by atoms with Gasteiger partial charge in [0, 0.05) is 11.8 Å². The molecule has 5 nitrogen and oxygen atoms in total. The van der Waals surface area contributed by atoms with Crippen molar-refractivity contribution < 1.29 is 4.39 Å². The van der Waals surface area contributed by atoms with Crippen LogP contribution in [0, 0.1) is 5.82 Å². The van der Waals surface area contributed by atoms with Gasteiger partial charge in [-0.3, -0.25) is 4.57 Å². The summed E-state index contributed by atoms with van der Waals surface area (Å²) >= 11 is 0.